The third kappa shape index (κ3) is 6.42. The summed E-state index contributed by atoms with van der Waals surface area (Å²) in [6.07, 6.45) is 0.341. The van der Waals surface area contributed by atoms with Gasteiger partial charge in [0.15, 0.2) is 0 Å². The summed E-state index contributed by atoms with van der Waals surface area (Å²) < 4.78 is 24.5. The number of carbonyl (C=O) groups excluding carboxylic acids is 1. The predicted octanol–water partition coefficient (Wildman–Crippen LogP) is 5.16. The molecule has 0 aliphatic heterocycles. The molecule has 1 atom stereocenters. The topological polar surface area (TPSA) is 47.6 Å². The average molecular weight is 407 g/mol. The van der Waals surface area contributed by atoms with Gasteiger partial charge in [0.2, 0.25) is 0 Å². The number of carbonyl (C=O) groups is 1. The van der Waals surface area contributed by atoms with Crippen molar-refractivity contribution in [1.82, 2.24) is 5.32 Å². The van der Waals surface area contributed by atoms with Crippen LogP contribution in [0.15, 0.2) is 78.9 Å². The molecule has 0 amide bonds. The van der Waals surface area contributed by atoms with Crippen molar-refractivity contribution in [2.24, 2.45) is 0 Å². The van der Waals surface area contributed by atoms with Crippen LogP contribution in [0.2, 0.25) is 0 Å². The van der Waals surface area contributed by atoms with Crippen LogP contribution in [0.1, 0.15) is 25.0 Å². The summed E-state index contributed by atoms with van der Waals surface area (Å²) in [5, 5.41) is 3.07. The van der Waals surface area contributed by atoms with E-state index in [1.807, 2.05) is 42.5 Å². The molecule has 3 aromatic carbocycles. The summed E-state index contributed by atoms with van der Waals surface area (Å²) in [4.78, 5) is 11.5. The van der Waals surface area contributed by atoms with Gasteiger partial charge in [-0.1, -0.05) is 54.6 Å². The standard InChI is InChI=1S/C25H26FNO3/c1-2-29-25(28)18-27-17-16-24(21-8-12-22(26)13-9-21)30-23-14-10-20(11-15-23)19-6-4-3-5-7-19/h3-15,24,27H,2,16-18H2,1H3. The zero-order chi connectivity index (χ0) is 21.2. The summed E-state index contributed by atoms with van der Waals surface area (Å²) >= 11 is 0. The fraction of sp³-hybridized carbons (Fsp3) is 0.240. The average Bonchev–Trinajstić information content (AvgIpc) is 2.78. The molecule has 0 saturated heterocycles. The maximum atomic E-state index is 13.3. The van der Waals surface area contributed by atoms with E-state index in [4.69, 9.17) is 9.47 Å². The molecule has 0 aromatic heterocycles. The van der Waals surface area contributed by atoms with E-state index in [0.29, 0.717) is 19.6 Å². The minimum Gasteiger partial charge on any atom is -0.486 e. The van der Waals surface area contributed by atoms with Crippen molar-refractivity contribution >= 4 is 5.97 Å². The molecule has 3 rings (SSSR count). The maximum Gasteiger partial charge on any atom is 0.319 e. The molecule has 0 heterocycles. The first-order valence-electron chi connectivity index (χ1n) is 10.1. The monoisotopic (exact) mass is 407 g/mol. The van der Waals surface area contributed by atoms with Gasteiger partial charge >= 0.3 is 5.97 Å². The van der Waals surface area contributed by atoms with E-state index in [2.05, 4.69) is 17.4 Å². The molecule has 30 heavy (non-hydrogen) atoms. The molecule has 5 heteroatoms. The Morgan fingerprint density at radius 3 is 2.27 bits per heavy atom. The van der Waals surface area contributed by atoms with Gasteiger partial charge in [0.05, 0.1) is 13.2 Å². The number of halogens is 1. The van der Waals surface area contributed by atoms with Gasteiger partial charge in [-0.2, -0.15) is 0 Å². The van der Waals surface area contributed by atoms with Crippen LogP contribution in [0.3, 0.4) is 0 Å². The first kappa shape index (κ1) is 21.5. The number of hydrogen-bond acceptors (Lipinski definition) is 4. The van der Waals surface area contributed by atoms with E-state index in [1.165, 1.54) is 12.1 Å². The fourth-order valence-corrected chi connectivity index (χ4v) is 3.13. The third-order valence-electron chi connectivity index (χ3n) is 4.64. The summed E-state index contributed by atoms with van der Waals surface area (Å²) in [5.41, 5.74) is 3.13. The van der Waals surface area contributed by atoms with Crippen molar-refractivity contribution in [2.75, 3.05) is 19.7 Å². The molecular formula is C25H26FNO3. The van der Waals surface area contributed by atoms with Gasteiger partial charge in [0.1, 0.15) is 17.7 Å². The van der Waals surface area contributed by atoms with Crippen LogP contribution in [0.5, 0.6) is 5.75 Å². The molecule has 0 spiro atoms. The molecule has 0 aliphatic rings. The van der Waals surface area contributed by atoms with Crippen molar-refractivity contribution in [3.8, 4) is 16.9 Å². The zero-order valence-corrected chi connectivity index (χ0v) is 17.0. The van der Waals surface area contributed by atoms with Crippen molar-refractivity contribution < 1.29 is 18.7 Å². The van der Waals surface area contributed by atoms with Crippen molar-refractivity contribution in [3.63, 3.8) is 0 Å². The van der Waals surface area contributed by atoms with Gasteiger partial charge in [0, 0.05) is 6.42 Å². The minimum absolute atomic E-state index is 0.149. The highest BCUT2D eigenvalue weighted by atomic mass is 19.1. The maximum absolute atomic E-state index is 13.3. The van der Waals surface area contributed by atoms with Crippen molar-refractivity contribution in [3.05, 3.63) is 90.2 Å². The normalized spacial score (nSPS) is 11.7. The second-order valence-corrected chi connectivity index (χ2v) is 6.82. The Balaban J connectivity index is 1.65. The van der Waals surface area contributed by atoms with E-state index in [-0.39, 0.29) is 24.4 Å². The van der Waals surface area contributed by atoms with E-state index in [0.717, 1.165) is 22.4 Å². The predicted molar refractivity (Wildman–Crippen MR) is 116 cm³/mol. The van der Waals surface area contributed by atoms with Crippen LogP contribution in [-0.2, 0) is 9.53 Å². The lowest BCUT2D eigenvalue weighted by molar-refractivity contribution is -0.142. The van der Waals surface area contributed by atoms with E-state index in [9.17, 15) is 9.18 Å². The summed E-state index contributed by atoms with van der Waals surface area (Å²) in [7, 11) is 0. The molecular weight excluding hydrogens is 381 g/mol. The summed E-state index contributed by atoms with van der Waals surface area (Å²) in [6.45, 7) is 2.85. The highest BCUT2D eigenvalue weighted by molar-refractivity contribution is 5.71. The largest absolute Gasteiger partial charge is 0.486 e. The van der Waals surface area contributed by atoms with Gasteiger partial charge in [-0.3, -0.25) is 4.79 Å². The molecule has 0 saturated carbocycles. The van der Waals surface area contributed by atoms with Gasteiger partial charge in [0.25, 0.3) is 0 Å². The Hall–Kier alpha value is -3.18. The summed E-state index contributed by atoms with van der Waals surface area (Å²) in [6, 6.07) is 24.3. The SMILES string of the molecule is CCOC(=O)CNCCC(Oc1ccc(-c2ccccc2)cc1)c1ccc(F)cc1. The van der Waals surface area contributed by atoms with Crippen LogP contribution in [-0.4, -0.2) is 25.7 Å². The lowest BCUT2D eigenvalue weighted by Crippen LogP contribution is -2.27. The Morgan fingerprint density at radius 1 is 0.933 bits per heavy atom. The van der Waals surface area contributed by atoms with Gasteiger partial charge < -0.3 is 14.8 Å². The van der Waals surface area contributed by atoms with Gasteiger partial charge in [-0.05, 0) is 54.4 Å². The molecule has 0 bridgehead atoms. The van der Waals surface area contributed by atoms with Crippen molar-refractivity contribution in [2.45, 2.75) is 19.4 Å². The molecule has 0 fully saturated rings. The number of rotatable bonds is 10. The lowest BCUT2D eigenvalue weighted by Gasteiger charge is -2.20. The van der Waals surface area contributed by atoms with Crippen LogP contribution >= 0.6 is 0 Å². The third-order valence-corrected chi connectivity index (χ3v) is 4.64. The minimum atomic E-state index is -0.287. The molecule has 3 aromatic rings. The second kappa shape index (κ2) is 11.1. The highest BCUT2D eigenvalue weighted by Gasteiger charge is 2.14. The van der Waals surface area contributed by atoms with Gasteiger partial charge in [-0.25, -0.2) is 4.39 Å². The molecule has 0 aliphatic carbocycles. The zero-order valence-electron chi connectivity index (χ0n) is 17.0. The number of nitrogens with one attached hydrogen (secondary N) is 1. The molecule has 1 N–H and O–H groups in total. The Labute approximate surface area is 176 Å². The summed E-state index contributed by atoms with van der Waals surface area (Å²) in [5.74, 6) is 0.160. The van der Waals surface area contributed by atoms with Gasteiger partial charge in [-0.15, -0.1) is 0 Å². The van der Waals surface area contributed by atoms with Crippen LogP contribution in [0.4, 0.5) is 4.39 Å². The van der Waals surface area contributed by atoms with Crippen LogP contribution in [0.25, 0.3) is 11.1 Å². The first-order chi connectivity index (χ1) is 14.7. The quantitative estimate of drug-likeness (QED) is 0.373. The Morgan fingerprint density at radius 2 is 1.60 bits per heavy atom. The first-order valence-corrected chi connectivity index (χ1v) is 10.1. The smallest absolute Gasteiger partial charge is 0.319 e. The molecule has 0 radical (unpaired) electrons. The second-order valence-electron chi connectivity index (χ2n) is 6.82. The molecule has 1 unspecified atom stereocenters. The fourth-order valence-electron chi connectivity index (χ4n) is 3.13. The number of benzene rings is 3. The highest BCUT2D eigenvalue weighted by Crippen LogP contribution is 2.27. The van der Waals surface area contributed by atoms with E-state index >= 15 is 0 Å². The molecule has 156 valence electrons. The van der Waals surface area contributed by atoms with Crippen LogP contribution < -0.4 is 10.1 Å². The Kier molecular flexibility index (Phi) is 7.98. The van der Waals surface area contributed by atoms with E-state index in [1.54, 1.807) is 19.1 Å². The lowest BCUT2D eigenvalue weighted by atomic mass is 10.0. The Bertz CT molecular complexity index is 911. The number of ether oxygens (including phenoxy) is 2. The number of hydrogen-bond donors (Lipinski definition) is 1. The van der Waals surface area contributed by atoms with Crippen molar-refractivity contribution in [1.29, 1.82) is 0 Å². The van der Waals surface area contributed by atoms with E-state index < -0.39 is 0 Å². The number of esters is 1. The molecule has 4 nitrogen and oxygen atoms in total. The van der Waals surface area contributed by atoms with Crippen LogP contribution in [0, 0.1) is 5.82 Å².